The number of anilines is 1. The molecular weight excluding hydrogens is 501 g/mol. The van der Waals surface area contributed by atoms with Crippen LogP contribution >= 0.6 is 23.2 Å². The second-order valence-electron chi connectivity index (χ2n) is 10.0. The molecule has 11 heteroatoms. The standard InChI is InChI=1S/C25H27Cl2N7O2/c1-14-10-29-34(11-14)3-4-36-20-6-16(26)5-18(27)21(20)22-17-12-33(13-19(17)30-23(28-2)31-22)24(35)32-25-7-15(8-25)9-25/h5-6,10-11,15H,3-4,7-9,12-13H2,1-2H3,(H,32,35)(H,28,30,31). The van der Waals surface area contributed by atoms with Gasteiger partial charge in [0.1, 0.15) is 12.4 Å². The van der Waals surface area contributed by atoms with Gasteiger partial charge in [-0.25, -0.2) is 14.8 Å². The smallest absolute Gasteiger partial charge is 0.318 e. The molecule has 2 N–H and O–H groups in total. The number of nitrogens with one attached hydrogen (secondary N) is 2. The molecule has 36 heavy (non-hydrogen) atoms. The molecular formula is C25H27Cl2N7O2. The molecule has 3 fully saturated rings. The molecule has 3 saturated carbocycles. The van der Waals surface area contributed by atoms with Crippen molar-refractivity contribution >= 4 is 35.2 Å². The average molecular weight is 528 g/mol. The van der Waals surface area contributed by atoms with Crippen LogP contribution in [0.4, 0.5) is 10.7 Å². The minimum absolute atomic E-state index is 0.00871. The minimum atomic E-state index is -0.0590. The highest BCUT2D eigenvalue weighted by Gasteiger charge is 2.57. The Hall–Kier alpha value is -3.04. The minimum Gasteiger partial charge on any atom is -0.491 e. The Morgan fingerprint density at radius 1 is 1.22 bits per heavy atom. The van der Waals surface area contributed by atoms with Gasteiger partial charge < -0.3 is 20.3 Å². The highest BCUT2D eigenvalue weighted by atomic mass is 35.5. The van der Waals surface area contributed by atoms with Crippen molar-refractivity contribution in [3.05, 3.63) is 51.4 Å². The fourth-order valence-electron chi connectivity index (χ4n) is 5.39. The van der Waals surface area contributed by atoms with Gasteiger partial charge in [-0.3, -0.25) is 4.68 Å². The maximum Gasteiger partial charge on any atom is 0.318 e. The molecule has 0 saturated heterocycles. The predicted molar refractivity (Wildman–Crippen MR) is 137 cm³/mol. The van der Waals surface area contributed by atoms with E-state index in [1.54, 1.807) is 30.3 Å². The van der Waals surface area contributed by atoms with Crippen molar-refractivity contribution in [3.63, 3.8) is 0 Å². The van der Waals surface area contributed by atoms with Crippen molar-refractivity contribution in [2.45, 2.75) is 51.4 Å². The highest BCUT2D eigenvalue weighted by molar-refractivity contribution is 6.37. The molecule has 2 bridgehead atoms. The van der Waals surface area contributed by atoms with Crippen LogP contribution in [0.25, 0.3) is 11.3 Å². The number of benzene rings is 1. The summed E-state index contributed by atoms with van der Waals surface area (Å²) < 4.78 is 7.99. The second-order valence-corrected chi connectivity index (χ2v) is 10.8. The number of aromatic nitrogens is 4. The molecule has 7 rings (SSSR count). The van der Waals surface area contributed by atoms with E-state index < -0.39 is 0 Å². The van der Waals surface area contributed by atoms with Gasteiger partial charge in [0.2, 0.25) is 5.95 Å². The lowest BCUT2D eigenvalue weighted by Gasteiger charge is -2.61. The Labute approximate surface area is 219 Å². The van der Waals surface area contributed by atoms with Crippen molar-refractivity contribution in [1.82, 2.24) is 30.0 Å². The molecule has 1 aliphatic heterocycles. The molecule has 2 aromatic heterocycles. The number of amides is 2. The number of carbonyl (C=O) groups excluding carboxylic acids is 1. The molecule has 9 nitrogen and oxygen atoms in total. The Morgan fingerprint density at radius 2 is 2.03 bits per heavy atom. The number of halogens is 2. The number of aryl methyl sites for hydroxylation is 1. The molecule has 0 radical (unpaired) electrons. The second kappa shape index (κ2) is 8.81. The van der Waals surface area contributed by atoms with Crippen LogP contribution < -0.4 is 15.4 Å². The van der Waals surface area contributed by atoms with Gasteiger partial charge in [-0.2, -0.15) is 5.10 Å². The van der Waals surface area contributed by atoms with Gasteiger partial charge in [0, 0.05) is 29.4 Å². The van der Waals surface area contributed by atoms with Gasteiger partial charge >= 0.3 is 6.03 Å². The summed E-state index contributed by atoms with van der Waals surface area (Å²) in [6.07, 6.45) is 7.04. The zero-order chi connectivity index (χ0) is 25.0. The Morgan fingerprint density at radius 3 is 2.69 bits per heavy atom. The molecule has 3 aromatic rings. The summed E-state index contributed by atoms with van der Waals surface area (Å²) in [7, 11) is 1.76. The van der Waals surface area contributed by atoms with E-state index in [2.05, 4.69) is 20.7 Å². The molecule has 0 unspecified atom stereocenters. The van der Waals surface area contributed by atoms with Crippen molar-refractivity contribution in [2.24, 2.45) is 5.92 Å². The summed E-state index contributed by atoms with van der Waals surface area (Å²) in [5.41, 5.74) is 4.01. The number of fused-ring (bicyclic) bond motifs is 1. The van der Waals surface area contributed by atoms with E-state index in [0.29, 0.717) is 59.2 Å². The summed E-state index contributed by atoms with van der Waals surface area (Å²) in [5, 5.41) is 11.5. The summed E-state index contributed by atoms with van der Waals surface area (Å²) in [6, 6.07) is 3.36. The van der Waals surface area contributed by atoms with Crippen LogP contribution in [0.3, 0.4) is 0 Å². The van der Waals surface area contributed by atoms with Gasteiger partial charge in [-0.1, -0.05) is 23.2 Å². The maximum atomic E-state index is 13.1. The van der Waals surface area contributed by atoms with Gasteiger partial charge in [0.25, 0.3) is 0 Å². The van der Waals surface area contributed by atoms with E-state index >= 15 is 0 Å². The lowest BCUT2D eigenvalue weighted by molar-refractivity contribution is -0.0434. The maximum absolute atomic E-state index is 13.1. The van der Waals surface area contributed by atoms with Gasteiger partial charge in [-0.05, 0) is 49.8 Å². The molecule has 188 valence electrons. The number of rotatable bonds is 7. The normalized spacial score (nSPS) is 21.4. The van der Waals surface area contributed by atoms with Crippen LogP contribution in [-0.2, 0) is 19.6 Å². The zero-order valence-electron chi connectivity index (χ0n) is 20.1. The van der Waals surface area contributed by atoms with Crippen molar-refractivity contribution in [2.75, 3.05) is 19.0 Å². The van der Waals surface area contributed by atoms with Crippen LogP contribution in [-0.4, -0.2) is 49.9 Å². The number of nitrogens with zero attached hydrogens (tertiary/aromatic N) is 5. The third-order valence-corrected chi connectivity index (χ3v) is 7.82. The molecule has 1 aromatic carbocycles. The van der Waals surface area contributed by atoms with Gasteiger partial charge in [0.05, 0.1) is 47.8 Å². The molecule has 2 amide bonds. The first-order valence-electron chi connectivity index (χ1n) is 12.1. The Kier molecular flexibility index (Phi) is 5.72. The molecule has 3 aliphatic carbocycles. The van der Waals surface area contributed by atoms with E-state index in [-0.39, 0.29) is 11.6 Å². The summed E-state index contributed by atoms with van der Waals surface area (Å²) >= 11 is 13.1. The van der Waals surface area contributed by atoms with Crippen LogP contribution in [0.5, 0.6) is 5.75 Å². The van der Waals surface area contributed by atoms with Crippen LogP contribution in [0.2, 0.25) is 10.0 Å². The van der Waals surface area contributed by atoms with Gasteiger partial charge in [-0.15, -0.1) is 0 Å². The van der Waals surface area contributed by atoms with Crippen molar-refractivity contribution in [3.8, 4) is 17.0 Å². The highest BCUT2D eigenvalue weighted by Crippen LogP contribution is 2.57. The average Bonchev–Trinajstić information content (AvgIpc) is 3.40. The third-order valence-electron chi connectivity index (χ3n) is 7.30. The molecule has 4 aliphatic rings. The number of hydrogen-bond acceptors (Lipinski definition) is 6. The van der Waals surface area contributed by atoms with Crippen LogP contribution in [0, 0.1) is 12.8 Å². The van der Waals surface area contributed by atoms with Gasteiger partial charge in [0.15, 0.2) is 0 Å². The number of carbonyl (C=O) groups is 1. The zero-order valence-corrected chi connectivity index (χ0v) is 21.7. The molecule has 3 heterocycles. The monoisotopic (exact) mass is 527 g/mol. The predicted octanol–water partition coefficient (Wildman–Crippen LogP) is 4.65. The Balaban J connectivity index is 1.30. The first kappa shape index (κ1) is 23.4. The van der Waals surface area contributed by atoms with E-state index in [9.17, 15) is 4.79 Å². The van der Waals surface area contributed by atoms with E-state index in [4.69, 9.17) is 32.9 Å². The lowest BCUT2D eigenvalue weighted by atomic mass is 9.50. The topological polar surface area (TPSA) is 97.2 Å². The lowest BCUT2D eigenvalue weighted by Crippen LogP contribution is -2.69. The number of urea groups is 1. The summed E-state index contributed by atoms with van der Waals surface area (Å²) in [5.74, 6) is 1.77. The van der Waals surface area contributed by atoms with E-state index in [1.165, 1.54) is 0 Å². The first-order chi connectivity index (χ1) is 17.3. The van der Waals surface area contributed by atoms with Crippen molar-refractivity contribution < 1.29 is 9.53 Å². The Bertz CT molecular complexity index is 1340. The van der Waals surface area contributed by atoms with Crippen molar-refractivity contribution in [1.29, 1.82) is 0 Å². The fraction of sp³-hybridized carbons (Fsp3) is 0.440. The summed E-state index contributed by atoms with van der Waals surface area (Å²) in [6.45, 7) is 3.73. The quantitative estimate of drug-likeness (QED) is 0.464. The number of hydrogen-bond donors (Lipinski definition) is 2. The van der Waals surface area contributed by atoms with Crippen LogP contribution in [0.15, 0.2) is 24.5 Å². The molecule has 0 spiro atoms. The SMILES string of the molecule is CNc1nc2c(c(-c3c(Cl)cc(Cl)cc3OCCn3cc(C)cn3)n1)CN(C(=O)NC13CC(C1)C3)C2. The first-order valence-corrected chi connectivity index (χ1v) is 12.8. The summed E-state index contributed by atoms with van der Waals surface area (Å²) in [4.78, 5) is 24.3. The fourth-order valence-corrected chi connectivity index (χ4v) is 5.95. The largest absolute Gasteiger partial charge is 0.491 e. The third kappa shape index (κ3) is 4.14. The number of ether oxygens (including phenoxy) is 1. The van der Waals surface area contributed by atoms with E-state index in [0.717, 1.165) is 42.0 Å². The molecule has 0 atom stereocenters. The van der Waals surface area contributed by atoms with E-state index in [1.807, 2.05) is 17.8 Å². The van der Waals surface area contributed by atoms with Crippen LogP contribution in [0.1, 0.15) is 36.1 Å².